The molecule has 1 rings (SSSR count). The largest absolute Gasteiger partial charge is 0.473 e. The van der Waals surface area contributed by atoms with Crippen molar-refractivity contribution in [2.75, 3.05) is 0 Å². The van der Waals surface area contributed by atoms with Gasteiger partial charge in [0.05, 0.1) is 6.10 Å². The fourth-order valence-electron chi connectivity index (χ4n) is 1.70. The zero-order valence-corrected chi connectivity index (χ0v) is 10.9. The van der Waals surface area contributed by atoms with Crippen LogP contribution in [0.4, 0.5) is 0 Å². The summed E-state index contributed by atoms with van der Waals surface area (Å²) in [5, 5.41) is 0. The fraction of sp³-hybridized carbons (Fsp3) is 0.692. The summed E-state index contributed by atoms with van der Waals surface area (Å²) in [6.45, 7) is 4.65. The Morgan fingerprint density at radius 3 is 2.71 bits per heavy atom. The predicted molar refractivity (Wildman–Crippen MR) is 68.8 cm³/mol. The third-order valence-electron chi connectivity index (χ3n) is 2.71. The second-order valence-electron chi connectivity index (χ2n) is 4.29. The average Bonchev–Trinajstić information content (AvgIpc) is 2.35. The first-order valence-corrected chi connectivity index (χ1v) is 6.44. The van der Waals surface area contributed by atoms with Gasteiger partial charge in [-0.1, -0.05) is 26.2 Å². The van der Waals surface area contributed by atoms with E-state index in [1.807, 2.05) is 0 Å². The van der Waals surface area contributed by atoms with Crippen LogP contribution in [-0.2, 0) is 6.54 Å². The lowest BCUT2D eigenvalue weighted by Crippen LogP contribution is -2.15. The maximum atomic E-state index is 5.76. The molecule has 0 spiro atoms. The van der Waals surface area contributed by atoms with Crippen LogP contribution in [0.25, 0.3) is 0 Å². The molecule has 0 aliphatic carbocycles. The number of unbranched alkanes of at least 4 members (excludes halogenated alkanes) is 3. The minimum absolute atomic E-state index is 0.175. The number of hydrogen-bond donors (Lipinski definition) is 1. The van der Waals surface area contributed by atoms with E-state index in [1.165, 1.54) is 25.7 Å². The van der Waals surface area contributed by atoms with Crippen LogP contribution in [-0.4, -0.2) is 16.1 Å². The molecule has 0 saturated heterocycles. The highest BCUT2D eigenvalue weighted by molar-refractivity contribution is 5.16. The molecule has 0 fully saturated rings. The van der Waals surface area contributed by atoms with Crippen LogP contribution in [0.15, 0.2) is 12.4 Å². The van der Waals surface area contributed by atoms with Crippen molar-refractivity contribution < 1.29 is 4.74 Å². The first-order valence-electron chi connectivity index (χ1n) is 6.44. The smallest absolute Gasteiger partial charge is 0.237 e. The Kier molecular flexibility index (Phi) is 6.55. The van der Waals surface area contributed by atoms with Crippen molar-refractivity contribution in [3.8, 4) is 5.88 Å². The fourth-order valence-corrected chi connectivity index (χ4v) is 1.70. The molecule has 17 heavy (non-hydrogen) atoms. The molecule has 1 atom stereocenters. The Balaban J connectivity index is 2.36. The van der Waals surface area contributed by atoms with Crippen molar-refractivity contribution in [1.82, 2.24) is 9.97 Å². The summed E-state index contributed by atoms with van der Waals surface area (Å²) in [4.78, 5) is 8.32. The first-order chi connectivity index (χ1) is 8.27. The first kappa shape index (κ1) is 13.9. The van der Waals surface area contributed by atoms with E-state index in [-0.39, 0.29) is 6.10 Å². The van der Waals surface area contributed by atoms with Crippen LogP contribution in [0.5, 0.6) is 5.88 Å². The van der Waals surface area contributed by atoms with Crippen LogP contribution in [0.2, 0.25) is 0 Å². The third kappa shape index (κ3) is 5.13. The van der Waals surface area contributed by atoms with Gasteiger partial charge in [0.15, 0.2) is 0 Å². The van der Waals surface area contributed by atoms with E-state index in [0.717, 1.165) is 12.1 Å². The highest BCUT2D eigenvalue weighted by Gasteiger charge is 2.09. The monoisotopic (exact) mass is 237 g/mol. The van der Waals surface area contributed by atoms with E-state index in [4.69, 9.17) is 10.5 Å². The summed E-state index contributed by atoms with van der Waals surface area (Å²) < 4.78 is 5.76. The van der Waals surface area contributed by atoms with Crippen molar-refractivity contribution in [2.24, 2.45) is 5.73 Å². The van der Waals surface area contributed by atoms with E-state index in [2.05, 4.69) is 23.8 Å². The molecule has 0 bridgehead atoms. The molecule has 96 valence electrons. The summed E-state index contributed by atoms with van der Waals surface area (Å²) in [6.07, 6.45) is 9.54. The number of rotatable bonds is 8. The minimum atomic E-state index is 0.175. The second kappa shape index (κ2) is 8.01. The second-order valence-corrected chi connectivity index (χ2v) is 4.29. The topological polar surface area (TPSA) is 61.0 Å². The van der Waals surface area contributed by atoms with Crippen molar-refractivity contribution in [2.45, 2.75) is 58.6 Å². The highest BCUT2D eigenvalue weighted by atomic mass is 16.5. The quantitative estimate of drug-likeness (QED) is 0.706. The molecule has 0 saturated carbocycles. The molecule has 0 aliphatic rings. The normalized spacial score (nSPS) is 12.4. The minimum Gasteiger partial charge on any atom is -0.473 e. The molecule has 4 heteroatoms. The lowest BCUT2D eigenvalue weighted by atomic mass is 10.1. The van der Waals surface area contributed by atoms with Gasteiger partial charge in [-0.15, -0.1) is 0 Å². The van der Waals surface area contributed by atoms with E-state index < -0.39 is 0 Å². The molecule has 4 nitrogen and oxygen atoms in total. The number of nitrogens with zero attached hydrogens (tertiary/aromatic N) is 2. The maximum absolute atomic E-state index is 5.76. The molecular weight excluding hydrogens is 214 g/mol. The molecule has 2 N–H and O–H groups in total. The summed E-state index contributed by atoms with van der Waals surface area (Å²) in [7, 11) is 0. The number of hydrogen-bond acceptors (Lipinski definition) is 4. The summed E-state index contributed by atoms with van der Waals surface area (Å²) in [5.74, 6) is 0.581. The van der Waals surface area contributed by atoms with Gasteiger partial charge in [-0.3, -0.25) is 4.98 Å². The average molecular weight is 237 g/mol. The number of ether oxygens (including phenoxy) is 1. The highest BCUT2D eigenvalue weighted by Crippen LogP contribution is 2.15. The molecule has 0 aromatic carbocycles. The van der Waals surface area contributed by atoms with Gasteiger partial charge in [0.25, 0.3) is 0 Å². The lowest BCUT2D eigenvalue weighted by Gasteiger charge is -2.15. The summed E-state index contributed by atoms with van der Waals surface area (Å²) in [6, 6.07) is 0. The summed E-state index contributed by atoms with van der Waals surface area (Å²) in [5.41, 5.74) is 6.31. The van der Waals surface area contributed by atoms with Crippen molar-refractivity contribution in [1.29, 1.82) is 0 Å². The Labute approximate surface area is 104 Å². The Morgan fingerprint density at radius 1 is 1.24 bits per heavy atom. The zero-order chi connectivity index (χ0) is 12.5. The van der Waals surface area contributed by atoms with E-state index in [0.29, 0.717) is 12.4 Å². The van der Waals surface area contributed by atoms with Gasteiger partial charge >= 0.3 is 0 Å². The van der Waals surface area contributed by atoms with Crippen LogP contribution < -0.4 is 10.5 Å². The van der Waals surface area contributed by atoms with Crippen molar-refractivity contribution in [3.05, 3.63) is 18.1 Å². The molecule has 0 radical (unpaired) electrons. The maximum Gasteiger partial charge on any atom is 0.237 e. The van der Waals surface area contributed by atoms with Crippen molar-refractivity contribution in [3.63, 3.8) is 0 Å². The van der Waals surface area contributed by atoms with E-state index in [1.54, 1.807) is 12.4 Å². The van der Waals surface area contributed by atoms with Crippen LogP contribution in [0.3, 0.4) is 0 Å². The third-order valence-corrected chi connectivity index (χ3v) is 2.71. The molecule has 1 aromatic heterocycles. The van der Waals surface area contributed by atoms with Gasteiger partial charge in [-0.05, 0) is 19.8 Å². The molecule has 0 aliphatic heterocycles. The standard InChI is InChI=1S/C13H23N3O/c1-3-4-5-6-7-11(2)17-13-12(10-14)15-8-9-16-13/h8-9,11H,3-7,10,14H2,1-2H3. The zero-order valence-electron chi connectivity index (χ0n) is 10.9. The molecule has 1 aromatic rings. The van der Waals surface area contributed by atoms with Crippen molar-refractivity contribution >= 4 is 0 Å². The Bertz CT molecular complexity index is 317. The van der Waals surface area contributed by atoms with Gasteiger partial charge in [0.1, 0.15) is 5.69 Å². The van der Waals surface area contributed by atoms with Crippen LogP contribution in [0, 0.1) is 0 Å². The van der Waals surface area contributed by atoms with Gasteiger partial charge in [-0.2, -0.15) is 0 Å². The lowest BCUT2D eigenvalue weighted by molar-refractivity contribution is 0.195. The van der Waals surface area contributed by atoms with E-state index in [9.17, 15) is 0 Å². The molecule has 1 heterocycles. The van der Waals surface area contributed by atoms with Gasteiger partial charge in [0.2, 0.25) is 5.88 Å². The molecule has 1 unspecified atom stereocenters. The van der Waals surface area contributed by atoms with Crippen LogP contribution >= 0.6 is 0 Å². The predicted octanol–water partition coefficient (Wildman–Crippen LogP) is 2.67. The van der Waals surface area contributed by atoms with E-state index >= 15 is 0 Å². The summed E-state index contributed by atoms with van der Waals surface area (Å²) >= 11 is 0. The van der Waals surface area contributed by atoms with Gasteiger partial charge in [-0.25, -0.2) is 4.98 Å². The SMILES string of the molecule is CCCCCCC(C)Oc1nccnc1CN. The van der Waals surface area contributed by atoms with Gasteiger partial charge < -0.3 is 10.5 Å². The Hall–Kier alpha value is -1.16. The number of aromatic nitrogens is 2. The van der Waals surface area contributed by atoms with Gasteiger partial charge in [0, 0.05) is 18.9 Å². The van der Waals surface area contributed by atoms with Crippen LogP contribution in [0.1, 0.15) is 51.6 Å². The number of nitrogens with two attached hydrogens (primary N) is 1. The molecular formula is C13H23N3O. The Morgan fingerprint density at radius 2 is 2.00 bits per heavy atom. The molecule has 0 amide bonds.